The number of halogens is 2. The smallest absolute Gasteiger partial charge is 0.412 e. The monoisotopic (exact) mass is 674 g/mol. The molecule has 3 saturated heterocycles. The summed E-state index contributed by atoms with van der Waals surface area (Å²) in [7, 11) is 2.20. The van der Waals surface area contributed by atoms with E-state index < -0.39 is 23.3 Å². The van der Waals surface area contributed by atoms with Gasteiger partial charge in [-0.1, -0.05) is 0 Å². The van der Waals surface area contributed by atoms with Crippen LogP contribution >= 0.6 is 11.3 Å². The quantitative estimate of drug-likeness (QED) is 0.297. The molecule has 4 aromatic rings. The Morgan fingerprint density at radius 1 is 1.10 bits per heavy atom. The summed E-state index contributed by atoms with van der Waals surface area (Å²) in [6, 6.07) is 2.48. The minimum atomic E-state index is -0.791. The van der Waals surface area contributed by atoms with Gasteiger partial charge in [-0.15, -0.1) is 11.3 Å². The fourth-order valence-electron chi connectivity index (χ4n) is 7.94. The largest absolute Gasteiger partial charge is 0.444 e. The molecule has 1 aromatic carbocycles. The number of likely N-dealkylation sites (tertiary alicyclic amines) is 2. The maximum Gasteiger partial charge on any atom is 0.412 e. The third-order valence-electron chi connectivity index (χ3n) is 9.98. The van der Waals surface area contributed by atoms with Gasteiger partial charge in [-0.3, -0.25) is 15.2 Å². The van der Waals surface area contributed by atoms with Crippen molar-refractivity contribution in [2.75, 3.05) is 56.5 Å². The molecule has 4 aliphatic heterocycles. The molecule has 14 heteroatoms. The maximum absolute atomic E-state index is 16.9. The lowest BCUT2D eigenvalue weighted by Crippen LogP contribution is -2.38. The van der Waals surface area contributed by atoms with Gasteiger partial charge in [-0.05, 0) is 57.2 Å². The number of nitrogens with one attached hydrogen (secondary N) is 1. The third kappa shape index (κ3) is 5.24. The van der Waals surface area contributed by atoms with E-state index in [0.29, 0.717) is 22.9 Å². The second-order valence-electron chi connectivity index (χ2n) is 14.4. The van der Waals surface area contributed by atoms with Gasteiger partial charge >= 0.3 is 6.09 Å². The van der Waals surface area contributed by atoms with Gasteiger partial charge in [-0.2, -0.15) is 5.26 Å². The van der Waals surface area contributed by atoms with Crippen LogP contribution in [0.4, 0.5) is 24.5 Å². The van der Waals surface area contributed by atoms with E-state index in [1.807, 2.05) is 0 Å². The molecule has 3 aromatic heterocycles. The molecule has 8 rings (SSSR count). The molecule has 0 radical (unpaired) electrons. The Balaban J connectivity index is 1.18. The SMILES string of the molecule is CN1C[C@@H]2CN([C@@H]3CCN(c4ncc5c6c(c(-c7ncc(F)c8sc(NC(=O)OC(C)(C)C)c(C#N)c78)c(F)c5n4)COC6)C3)C[C@@H]2C1. The number of aromatic nitrogens is 3. The van der Waals surface area contributed by atoms with Crippen LogP contribution < -0.4 is 10.2 Å². The number of nitrogens with zero attached hydrogens (tertiary/aromatic N) is 7. The van der Waals surface area contributed by atoms with Crippen molar-refractivity contribution >= 4 is 49.4 Å². The molecule has 0 bridgehead atoms. The Morgan fingerprint density at radius 2 is 1.85 bits per heavy atom. The zero-order valence-electron chi connectivity index (χ0n) is 27.3. The number of anilines is 2. The van der Waals surface area contributed by atoms with Gasteiger partial charge in [0, 0.05) is 67.8 Å². The number of thiophene rings is 1. The van der Waals surface area contributed by atoms with Gasteiger partial charge < -0.3 is 19.3 Å². The average Bonchev–Trinajstić information content (AvgIpc) is 3.85. The number of ether oxygens (including phenoxy) is 2. The predicted molar refractivity (Wildman–Crippen MR) is 178 cm³/mol. The number of hydrogen-bond donors (Lipinski definition) is 1. The second-order valence-corrected chi connectivity index (χ2v) is 15.4. The number of hydrogen-bond acceptors (Lipinski definition) is 11. The highest BCUT2D eigenvalue weighted by molar-refractivity contribution is 7.23. The molecule has 250 valence electrons. The summed E-state index contributed by atoms with van der Waals surface area (Å²) < 4.78 is 43.4. The Morgan fingerprint density at radius 3 is 2.58 bits per heavy atom. The Labute approximate surface area is 280 Å². The number of pyridine rings is 1. The van der Waals surface area contributed by atoms with E-state index in [9.17, 15) is 10.1 Å². The molecular formula is C34H36F2N8O3S. The van der Waals surface area contributed by atoms with Crippen molar-refractivity contribution in [2.24, 2.45) is 11.8 Å². The summed E-state index contributed by atoms with van der Waals surface area (Å²) in [4.78, 5) is 33.6. The molecule has 7 heterocycles. The molecule has 3 atom stereocenters. The molecule has 1 N–H and O–H groups in total. The minimum Gasteiger partial charge on any atom is -0.444 e. The summed E-state index contributed by atoms with van der Waals surface area (Å²) in [5, 5.41) is 13.6. The average molecular weight is 675 g/mol. The van der Waals surface area contributed by atoms with E-state index in [1.54, 1.807) is 27.0 Å². The molecule has 3 fully saturated rings. The van der Waals surface area contributed by atoms with Gasteiger partial charge in [0.05, 0.1) is 35.4 Å². The molecule has 0 aliphatic carbocycles. The lowest BCUT2D eigenvalue weighted by Gasteiger charge is -2.26. The summed E-state index contributed by atoms with van der Waals surface area (Å²) in [6.07, 6.45) is 2.89. The van der Waals surface area contributed by atoms with Crippen LogP contribution in [-0.2, 0) is 22.7 Å². The van der Waals surface area contributed by atoms with E-state index in [4.69, 9.17) is 19.4 Å². The number of carbonyl (C=O) groups is 1. The number of fused-ring (bicyclic) bond motifs is 5. The van der Waals surface area contributed by atoms with Gasteiger partial charge in [0.2, 0.25) is 5.95 Å². The van der Waals surface area contributed by atoms with Crippen molar-refractivity contribution in [1.29, 1.82) is 5.26 Å². The highest BCUT2D eigenvalue weighted by Gasteiger charge is 2.42. The molecule has 11 nitrogen and oxygen atoms in total. The van der Waals surface area contributed by atoms with Crippen molar-refractivity contribution in [3.8, 4) is 17.3 Å². The fourth-order valence-corrected chi connectivity index (χ4v) is 8.98. The molecule has 1 amide bonds. The van der Waals surface area contributed by atoms with Crippen molar-refractivity contribution in [2.45, 2.75) is 52.0 Å². The topological polar surface area (TPSA) is 120 Å². The standard InChI is InChI=1S/C34H36F2N8O3S/c1-34(2,3)47-33(45)41-31-20(7-37)26-29(38-9-24(35)30(26)48-31)25-23-16-46-15-22(23)21-8-39-32(40-28(21)27(25)36)43-6-5-19(14-43)44-12-17-10-42(4)11-18(17)13-44/h8-9,17-19H,5-6,10-16H2,1-4H3,(H,41,45)/t17-,18+,19-/m1/s1. The van der Waals surface area contributed by atoms with E-state index in [-0.39, 0.29) is 50.6 Å². The Bertz CT molecular complexity index is 2010. The summed E-state index contributed by atoms with van der Waals surface area (Å²) in [5.41, 5.74) is 0.795. The number of benzene rings is 1. The van der Waals surface area contributed by atoms with Crippen molar-refractivity contribution < 1.29 is 23.0 Å². The molecular weight excluding hydrogens is 638 g/mol. The first kappa shape index (κ1) is 31.3. The van der Waals surface area contributed by atoms with Crippen LogP contribution in [0.15, 0.2) is 12.4 Å². The number of amides is 1. The molecule has 0 spiro atoms. The number of carbonyl (C=O) groups excluding carboxylic acids is 1. The first-order valence-electron chi connectivity index (χ1n) is 16.3. The van der Waals surface area contributed by atoms with Crippen molar-refractivity contribution in [3.05, 3.63) is 40.7 Å². The minimum absolute atomic E-state index is 0.0285. The van der Waals surface area contributed by atoms with Gasteiger partial charge in [0.1, 0.15) is 22.2 Å². The van der Waals surface area contributed by atoms with E-state index in [1.165, 1.54) is 0 Å². The second kappa shape index (κ2) is 11.5. The molecule has 0 saturated carbocycles. The van der Waals surface area contributed by atoms with E-state index in [2.05, 4.69) is 38.1 Å². The van der Waals surface area contributed by atoms with E-state index in [0.717, 1.165) is 80.6 Å². The normalized spacial score (nSPS) is 22.9. The van der Waals surface area contributed by atoms with Crippen molar-refractivity contribution in [3.63, 3.8) is 0 Å². The van der Waals surface area contributed by atoms with Crippen LogP contribution in [0.25, 0.3) is 32.2 Å². The first-order valence-corrected chi connectivity index (χ1v) is 17.1. The van der Waals surface area contributed by atoms with Crippen LogP contribution in [0.3, 0.4) is 0 Å². The molecule has 0 unspecified atom stereocenters. The van der Waals surface area contributed by atoms with Crippen LogP contribution in [0, 0.1) is 34.8 Å². The highest BCUT2D eigenvalue weighted by Crippen LogP contribution is 2.46. The lowest BCUT2D eigenvalue weighted by molar-refractivity contribution is 0.0636. The van der Waals surface area contributed by atoms with Crippen LogP contribution in [-0.4, -0.2) is 88.8 Å². The van der Waals surface area contributed by atoms with Crippen LogP contribution in [0.1, 0.15) is 43.9 Å². The summed E-state index contributed by atoms with van der Waals surface area (Å²) in [5.74, 6) is 0.574. The lowest BCUT2D eigenvalue weighted by atomic mass is 9.94. The van der Waals surface area contributed by atoms with Crippen LogP contribution in [0.2, 0.25) is 0 Å². The fraction of sp³-hybridized carbons (Fsp3) is 0.500. The highest BCUT2D eigenvalue weighted by atomic mass is 32.1. The first-order chi connectivity index (χ1) is 23.0. The van der Waals surface area contributed by atoms with Gasteiger partial charge in [0.25, 0.3) is 0 Å². The predicted octanol–water partition coefficient (Wildman–Crippen LogP) is 5.51. The summed E-state index contributed by atoms with van der Waals surface area (Å²) >= 11 is 0.874. The molecule has 4 aliphatic rings. The third-order valence-corrected chi connectivity index (χ3v) is 11.1. The Kier molecular flexibility index (Phi) is 7.52. The number of nitriles is 1. The van der Waals surface area contributed by atoms with Gasteiger partial charge in [0.15, 0.2) is 11.6 Å². The zero-order valence-corrected chi connectivity index (χ0v) is 28.1. The Hall–Kier alpha value is -4.03. The molecule has 48 heavy (non-hydrogen) atoms. The maximum atomic E-state index is 16.9. The van der Waals surface area contributed by atoms with E-state index >= 15 is 8.78 Å². The van der Waals surface area contributed by atoms with Gasteiger partial charge in [-0.25, -0.2) is 23.5 Å². The summed E-state index contributed by atoms with van der Waals surface area (Å²) in [6.45, 7) is 11.5. The van der Waals surface area contributed by atoms with Crippen molar-refractivity contribution in [1.82, 2.24) is 24.8 Å². The number of rotatable bonds is 4. The zero-order chi connectivity index (χ0) is 33.5. The van der Waals surface area contributed by atoms with Crippen LogP contribution in [0.5, 0.6) is 0 Å².